The van der Waals surface area contributed by atoms with Gasteiger partial charge in [0.15, 0.2) is 0 Å². The van der Waals surface area contributed by atoms with Crippen molar-refractivity contribution in [2.24, 2.45) is 0 Å². The standard InChI is InChI=1S/C12H17ClN2O/c1-9-7-15(8-10(16)6-14-9)12-5-3-2-4-11(12)13/h2-5,9-10,14,16H,6-8H2,1H3. The van der Waals surface area contributed by atoms with Gasteiger partial charge in [-0.15, -0.1) is 0 Å². The smallest absolute Gasteiger partial charge is 0.0839 e. The average Bonchev–Trinajstić information content (AvgIpc) is 2.41. The number of rotatable bonds is 1. The number of aliphatic hydroxyl groups is 1. The Morgan fingerprint density at radius 3 is 2.88 bits per heavy atom. The Morgan fingerprint density at radius 2 is 2.12 bits per heavy atom. The van der Waals surface area contributed by atoms with Crippen LogP contribution in [0, 0.1) is 0 Å². The van der Waals surface area contributed by atoms with E-state index in [9.17, 15) is 5.11 Å². The van der Waals surface area contributed by atoms with E-state index in [-0.39, 0.29) is 6.10 Å². The van der Waals surface area contributed by atoms with Crippen LogP contribution in [0.3, 0.4) is 0 Å². The molecular formula is C12H17ClN2O. The van der Waals surface area contributed by atoms with Gasteiger partial charge in [-0.25, -0.2) is 0 Å². The van der Waals surface area contributed by atoms with Crippen LogP contribution in [-0.2, 0) is 0 Å². The zero-order valence-corrected chi connectivity index (χ0v) is 10.1. The lowest BCUT2D eigenvalue weighted by Gasteiger charge is -2.26. The topological polar surface area (TPSA) is 35.5 Å². The highest BCUT2D eigenvalue weighted by Crippen LogP contribution is 2.26. The summed E-state index contributed by atoms with van der Waals surface area (Å²) < 4.78 is 0. The minimum atomic E-state index is -0.346. The van der Waals surface area contributed by atoms with Gasteiger partial charge in [0, 0.05) is 25.7 Å². The fraction of sp³-hybridized carbons (Fsp3) is 0.500. The summed E-state index contributed by atoms with van der Waals surface area (Å²) in [7, 11) is 0. The maximum Gasteiger partial charge on any atom is 0.0839 e. The molecule has 1 aromatic carbocycles. The molecule has 1 aliphatic rings. The highest BCUT2D eigenvalue weighted by molar-refractivity contribution is 6.33. The molecule has 0 amide bonds. The summed E-state index contributed by atoms with van der Waals surface area (Å²) in [6.07, 6.45) is -0.346. The van der Waals surface area contributed by atoms with Crippen molar-refractivity contribution in [3.05, 3.63) is 29.3 Å². The zero-order valence-electron chi connectivity index (χ0n) is 9.36. The molecule has 0 spiro atoms. The number of nitrogens with one attached hydrogen (secondary N) is 1. The molecule has 1 aromatic rings. The third kappa shape index (κ3) is 2.67. The SMILES string of the molecule is CC1CN(c2ccccc2Cl)CC(O)CN1. The van der Waals surface area contributed by atoms with Crippen molar-refractivity contribution in [3.8, 4) is 0 Å². The number of β-amino-alcohol motifs (C(OH)–C–C–N with tert-alkyl or cyclic N) is 1. The highest BCUT2D eigenvalue weighted by Gasteiger charge is 2.21. The van der Waals surface area contributed by atoms with E-state index < -0.39 is 0 Å². The first-order chi connectivity index (χ1) is 7.66. The second-order valence-corrected chi connectivity index (χ2v) is 4.73. The van der Waals surface area contributed by atoms with Crippen molar-refractivity contribution in [2.45, 2.75) is 19.1 Å². The summed E-state index contributed by atoms with van der Waals surface area (Å²) in [4.78, 5) is 2.14. The predicted octanol–water partition coefficient (Wildman–Crippen LogP) is 1.50. The monoisotopic (exact) mass is 240 g/mol. The maximum atomic E-state index is 9.78. The normalized spacial score (nSPS) is 26.6. The minimum Gasteiger partial charge on any atom is -0.390 e. The molecule has 2 rings (SSSR count). The first-order valence-electron chi connectivity index (χ1n) is 5.57. The Bertz CT molecular complexity index is 347. The summed E-state index contributed by atoms with van der Waals surface area (Å²) in [5.41, 5.74) is 0.999. The van der Waals surface area contributed by atoms with Crippen LogP contribution in [0.25, 0.3) is 0 Å². The van der Waals surface area contributed by atoms with Crippen LogP contribution in [-0.4, -0.2) is 36.9 Å². The molecule has 88 valence electrons. The number of anilines is 1. The van der Waals surface area contributed by atoms with Crippen LogP contribution in [0.2, 0.25) is 5.02 Å². The number of halogens is 1. The van der Waals surface area contributed by atoms with Gasteiger partial charge in [-0.05, 0) is 19.1 Å². The summed E-state index contributed by atoms with van der Waals surface area (Å²) in [6, 6.07) is 8.12. The number of aliphatic hydroxyl groups excluding tert-OH is 1. The lowest BCUT2D eigenvalue weighted by molar-refractivity contribution is 0.183. The lowest BCUT2D eigenvalue weighted by Crippen LogP contribution is -2.35. The quantitative estimate of drug-likeness (QED) is 0.781. The molecule has 4 heteroatoms. The third-order valence-electron chi connectivity index (χ3n) is 2.82. The van der Waals surface area contributed by atoms with Crippen LogP contribution in [0.1, 0.15) is 6.92 Å². The van der Waals surface area contributed by atoms with E-state index in [2.05, 4.69) is 17.1 Å². The van der Waals surface area contributed by atoms with E-state index in [1.807, 2.05) is 24.3 Å². The number of nitrogens with zero attached hydrogens (tertiary/aromatic N) is 1. The van der Waals surface area contributed by atoms with Gasteiger partial charge in [0.2, 0.25) is 0 Å². The zero-order chi connectivity index (χ0) is 11.5. The van der Waals surface area contributed by atoms with Gasteiger partial charge in [0.05, 0.1) is 16.8 Å². The van der Waals surface area contributed by atoms with E-state index in [1.165, 1.54) is 0 Å². The fourth-order valence-corrected chi connectivity index (χ4v) is 2.29. The largest absolute Gasteiger partial charge is 0.390 e. The van der Waals surface area contributed by atoms with Crippen LogP contribution in [0.15, 0.2) is 24.3 Å². The van der Waals surface area contributed by atoms with Gasteiger partial charge in [0.25, 0.3) is 0 Å². The lowest BCUT2D eigenvalue weighted by atomic mass is 10.2. The average molecular weight is 241 g/mol. The molecule has 1 heterocycles. The van der Waals surface area contributed by atoms with E-state index in [4.69, 9.17) is 11.6 Å². The summed E-state index contributed by atoms with van der Waals surface area (Å²) in [5.74, 6) is 0. The van der Waals surface area contributed by atoms with Crippen molar-refractivity contribution in [3.63, 3.8) is 0 Å². The van der Waals surface area contributed by atoms with Gasteiger partial charge in [0.1, 0.15) is 0 Å². The van der Waals surface area contributed by atoms with Gasteiger partial charge in [-0.2, -0.15) is 0 Å². The molecule has 1 saturated heterocycles. The van der Waals surface area contributed by atoms with Gasteiger partial charge in [-0.1, -0.05) is 23.7 Å². The number of para-hydroxylation sites is 1. The molecule has 0 saturated carbocycles. The van der Waals surface area contributed by atoms with Crippen LogP contribution >= 0.6 is 11.6 Å². The third-order valence-corrected chi connectivity index (χ3v) is 3.14. The molecular weight excluding hydrogens is 224 g/mol. The molecule has 2 N–H and O–H groups in total. The molecule has 1 aliphatic heterocycles. The van der Waals surface area contributed by atoms with Gasteiger partial charge < -0.3 is 15.3 Å². The molecule has 2 atom stereocenters. The number of hydrogen-bond acceptors (Lipinski definition) is 3. The van der Waals surface area contributed by atoms with Crippen molar-refractivity contribution in [2.75, 3.05) is 24.5 Å². The molecule has 2 unspecified atom stereocenters. The molecule has 0 aliphatic carbocycles. The second kappa shape index (κ2) is 5.04. The summed E-state index contributed by atoms with van der Waals surface area (Å²) in [5, 5.41) is 13.8. The van der Waals surface area contributed by atoms with E-state index in [0.29, 0.717) is 19.1 Å². The van der Waals surface area contributed by atoms with E-state index >= 15 is 0 Å². The van der Waals surface area contributed by atoms with Gasteiger partial charge in [-0.3, -0.25) is 0 Å². The molecule has 0 radical (unpaired) electrons. The first kappa shape index (κ1) is 11.7. The van der Waals surface area contributed by atoms with Crippen LogP contribution in [0.5, 0.6) is 0 Å². The molecule has 0 aromatic heterocycles. The number of benzene rings is 1. The van der Waals surface area contributed by atoms with E-state index in [1.54, 1.807) is 0 Å². The fourth-order valence-electron chi connectivity index (χ4n) is 2.03. The second-order valence-electron chi connectivity index (χ2n) is 4.32. The van der Waals surface area contributed by atoms with Gasteiger partial charge >= 0.3 is 0 Å². The van der Waals surface area contributed by atoms with Crippen molar-refractivity contribution in [1.82, 2.24) is 5.32 Å². The molecule has 0 bridgehead atoms. The Kier molecular flexibility index (Phi) is 3.69. The Balaban J connectivity index is 2.21. The minimum absolute atomic E-state index is 0.346. The molecule has 3 nitrogen and oxygen atoms in total. The predicted molar refractivity (Wildman–Crippen MR) is 67.1 cm³/mol. The Hall–Kier alpha value is -0.770. The Labute approximate surface area is 101 Å². The van der Waals surface area contributed by atoms with E-state index in [0.717, 1.165) is 17.3 Å². The highest BCUT2D eigenvalue weighted by atomic mass is 35.5. The van der Waals surface area contributed by atoms with Crippen molar-refractivity contribution in [1.29, 1.82) is 0 Å². The summed E-state index contributed by atoms with van der Waals surface area (Å²) in [6.45, 7) is 4.24. The van der Waals surface area contributed by atoms with Crippen molar-refractivity contribution >= 4 is 17.3 Å². The maximum absolute atomic E-state index is 9.78. The summed E-state index contributed by atoms with van der Waals surface area (Å²) >= 11 is 6.16. The van der Waals surface area contributed by atoms with Crippen molar-refractivity contribution < 1.29 is 5.11 Å². The Morgan fingerprint density at radius 1 is 1.38 bits per heavy atom. The molecule has 1 fully saturated rings. The van der Waals surface area contributed by atoms with Crippen LogP contribution in [0.4, 0.5) is 5.69 Å². The molecule has 16 heavy (non-hydrogen) atoms. The van der Waals surface area contributed by atoms with Crippen LogP contribution < -0.4 is 10.2 Å². The first-order valence-corrected chi connectivity index (χ1v) is 5.95. The number of hydrogen-bond donors (Lipinski definition) is 2.